The summed E-state index contributed by atoms with van der Waals surface area (Å²) in [5.41, 5.74) is 10.5. The van der Waals surface area contributed by atoms with Gasteiger partial charge in [-0.2, -0.15) is 0 Å². The molecule has 3 rings (SSSR count). The molecule has 0 amide bonds. The summed E-state index contributed by atoms with van der Waals surface area (Å²) in [7, 11) is 1.00. The Morgan fingerprint density at radius 2 is 1.10 bits per heavy atom. The number of hydrogen-bond acceptors (Lipinski definition) is 11. The van der Waals surface area contributed by atoms with Crippen LogP contribution in [0.2, 0.25) is 0 Å². The summed E-state index contributed by atoms with van der Waals surface area (Å²) in [6.45, 7) is 7.04. The number of rotatable bonds is 6. The predicted molar refractivity (Wildman–Crippen MR) is 153 cm³/mol. The van der Waals surface area contributed by atoms with E-state index in [1.807, 2.05) is 13.0 Å². The molecule has 218 valence electrons. The number of nitrogens with two attached hydrogens (primary N) is 1. The minimum Gasteiger partial charge on any atom is -0.400 e. The highest BCUT2D eigenvalue weighted by atomic mass is 16.6. The molecule has 0 aliphatic heterocycles. The Morgan fingerprint density at radius 3 is 1.51 bits per heavy atom. The Kier molecular flexibility index (Phi) is 21.2. The molecule has 3 aromatic heterocycles. The summed E-state index contributed by atoms with van der Waals surface area (Å²) in [5, 5.41) is 45.1. The van der Waals surface area contributed by atoms with Gasteiger partial charge in [-0.3, -0.25) is 35.2 Å². The molecular formula is C26H42N6O7. The summed E-state index contributed by atoms with van der Waals surface area (Å²) in [6, 6.07) is 4.83. The second-order valence-corrected chi connectivity index (χ2v) is 7.61. The zero-order valence-electron chi connectivity index (χ0n) is 21.6. The summed E-state index contributed by atoms with van der Waals surface area (Å²) >= 11 is 0. The van der Waals surface area contributed by atoms with Crippen LogP contribution in [0.3, 0.4) is 0 Å². The normalized spacial score (nSPS) is 9.03. The van der Waals surface area contributed by atoms with E-state index in [1.54, 1.807) is 39.4 Å². The topological polar surface area (TPSA) is 212 Å². The quantitative estimate of drug-likeness (QED) is 0.256. The average Bonchev–Trinajstić information content (AvgIpc) is 2.85. The van der Waals surface area contributed by atoms with Crippen LogP contribution in [-0.2, 0) is 12.8 Å². The van der Waals surface area contributed by atoms with Crippen LogP contribution in [0.4, 0.5) is 17.1 Å². The fraction of sp³-hybridized carbons (Fsp3) is 0.423. The van der Waals surface area contributed by atoms with Crippen LogP contribution in [-0.4, -0.2) is 60.4 Å². The van der Waals surface area contributed by atoms with Crippen molar-refractivity contribution in [3.05, 3.63) is 90.8 Å². The first-order valence-corrected chi connectivity index (χ1v) is 11.0. The van der Waals surface area contributed by atoms with Crippen molar-refractivity contribution in [2.75, 3.05) is 26.1 Å². The lowest BCUT2D eigenvalue weighted by molar-refractivity contribution is -0.386. The fourth-order valence-corrected chi connectivity index (χ4v) is 2.78. The van der Waals surface area contributed by atoms with Crippen molar-refractivity contribution in [3.63, 3.8) is 0 Å². The van der Waals surface area contributed by atoms with Crippen LogP contribution < -0.4 is 5.73 Å². The van der Waals surface area contributed by atoms with Gasteiger partial charge in [0.2, 0.25) is 0 Å². The van der Waals surface area contributed by atoms with E-state index in [0.29, 0.717) is 23.5 Å². The summed E-state index contributed by atoms with van der Waals surface area (Å²) < 4.78 is 0. The highest BCUT2D eigenvalue weighted by Gasteiger charge is 2.14. The monoisotopic (exact) mass is 550 g/mol. The summed E-state index contributed by atoms with van der Waals surface area (Å²) in [6.07, 6.45) is 5.67. The molecule has 5 N–H and O–H groups in total. The lowest BCUT2D eigenvalue weighted by Gasteiger charge is -2.02. The van der Waals surface area contributed by atoms with Gasteiger partial charge in [0.15, 0.2) is 0 Å². The first-order valence-electron chi connectivity index (χ1n) is 11.0. The smallest absolute Gasteiger partial charge is 0.291 e. The molecule has 0 spiro atoms. The zero-order valence-corrected chi connectivity index (χ0v) is 21.6. The largest absolute Gasteiger partial charge is 0.400 e. The fourth-order valence-electron chi connectivity index (χ4n) is 2.78. The standard InChI is InChI=1S/C8H10N2O3.C8H12N2O.C7H8N2O2.CH4O.2CH4/c1-6-4-8(10(12)13)7(2-3-11)9-5-6;1-6-4-7(9)8(2-3-11)10-5-6;1-5-3-7(9(10)11)6(2)8-4-5;1-2;;/h4-5,11H,2-3H2,1H3;4-5,11H,2-3,9H2,1H3;3-4H,1-2H3;2H,1H3;2*1H4. The van der Waals surface area contributed by atoms with Crippen LogP contribution >= 0.6 is 0 Å². The third-order valence-corrected chi connectivity index (χ3v) is 4.51. The number of hydrogen-bond donors (Lipinski definition) is 4. The Labute approximate surface area is 229 Å². The molecule has 0 saturated heterocycles. The molecule has 13 nitrogen and oxygen atoms in total. The third kappa shape index (κ3) is 14.4. The van der Waals surface area contributed by atoms with E-state index in [2.05, 4.69) is 15.0 Å². The average molecular weight is 551 g/mol. The van der Waals surface area contributed by atoms with Crippen molar-refractivity contribution in [2.24, 2.45) is 0 Å². The maximum Gasteiger partial charge on any atom is 0.291 e. The van der Waals surface area contributed by atoms with Crippen LogP contribution in [0.15, 0.2) is 36.8 Å². The van der Waals surface area contributed by atoms with E-state index in [9.17, 15) is 20.2 Å². The lowest BCUT2D eigenvalue weighted by atomic mass is 10.2. The number of anilines is 1. The van der Waals surface area contributed by atoms with E-state index in [0.717, 1.165) is 29.5 Å². The maximum atomic E-state index is 10.5. The molecule has 0 aromatic carbocycles. The van der Waals surface area contributed by atoms with E-state index in [-0.39, 0.29) is 45.9 Å². The SMILES string of the molecule is C.C.CO.Cc1cnc(C)c([N+](=O)[O-])c1.Cc1cnc(CCO)c(N)c1.Cc1cnc(CCO)c([N+](=O)[O-])c1. The number of aryl methyl sites for hydroxylation is 4. The van der Waals surface area contributed by atoms with Crippen molar-refractivity contribution in [1.82, 2.24) is 15.0 Å². The second-order valence-electron chi connectivity index (χ2n) is 7.61. The zero-order chi connectivity index (χ0) is 28.5. The maximum absolute atomic E-state index is 10.5. The van der Waals surface area contributed by atoms with Crippen molar-refractivity contribution in [3.8, 4) is 0 Å². The molecule has 0 bridgehead atoms. The Bertz CT molecular complexity index is 1160. The van der Waals surface area contributed by atoms with Crippen LogP contribution in [0, 0.1) is 47.9 Å². The Hall–Kier alpha value is -4.07. The van der Waals surface area contributed by atoms with Gasteiger partial charge < -0.3 is 21.1 Å². The van der Waals surface area contributed by atoms with Gasteiger partial charge in [-0.1, -0.05) is 14.9 Å². The molecule has 39 heavy (non-hydrogen) atoms. The first-order chi connectivity index (χ1) is 17.5. The molecule has 3 heterocycles. The molecule has 0 unspecified atom stereocenters. The third-order valence-electron chi connectivity index (χ3n) is 4.51. The predicted octanol–water partition coefficient (Wildman–Crippen LogP) is 3.83. The molecule has 0 aliphatic rings. The highest BCUT2D eigenvalue weighted by molar-refractivity contribution is 5.44. The minimum atomic E-state index is -0.481. The van der Waals surface area contributed by atoms with Gasteiger partial charge in [-0.05, 0) is 50.5 Å². The van der Waals surface area contributed by atoms with Crippen LogP contribution in [0.5, 0.6) is 0 Å². The Morgan fingerprint density at radius 1 is 0.718 bits per heavy atom. The molecule has 0 atom stereocenters. The second kappa shape index (κ2) is 20.9. The number of nitro groups is 2. The number of nitrogen functional groups attached to an aromatic ring is 1. The van der Waals surface area contributed by atoms with Gasteiger partial charge in [0, 0.05) is 63.9 Å². The molecule has 0 saturated carbocycles. The van der Waals surface area contributed by atoms with Crippen molar-refractivity contribution in [2.45, 2.75) is 55.4 Å². The number of pyridine rings is 3. The van der Waals surface area contributed by atoms with Crippen molar-refractivity contribution in [1.29, 1.82) is 0 Å². The van der Waals surface area contributed by atoms with Crippen molar-refractivity contribution < 1.29 is 25.2 Å². The highest BCUT2D eigenvalue weighted by Crippen LogP contribution is 2.17. The first kappa shape index (κ1) is 39.4. The summed E-state index contributed by atoms with van der Waals surface area (Å²) in [5.74, 6) is 0. The molecule has 0 aliphatic carbocycles. The van der Waals surface area contributed by atoms with E-state index in [4.69, 9.17) is 21.1 Å². The van der Waals surface area contributed by atoms with Crippen LogP contribution in [0.25, 0.3) is 0 Å². The van der Waals surface area contributed by atoms with Gasteiger partial charge in [0.1, 0.15) is 11.4 Å². The van der Waals surface area contributed by atoms with E-state index >= 15 is 0 Å². The molecule has 13 heteroatoms. The lowest BCUT2D eigenvalue weighted by Crippen LogP contribution is -2.01. The van der Waals surface area contributed by atoms with Gasteiger partial charge >= 0.3 is 0 Å². The van der Waals surface area contributed by atoms with Gasteiger partial charge in [-0.15, -0.1) is 0 Å². The number of aliphatic hydroxyl groups excluding tert-OH is 3. The number of nitrogens with zero attached hydrogens (tertiary/aromatic N) is 5. The molecule has 0 radical (unpaired) electrons. The van der Waals surface area contributed by atoms with Gasteiger partial charge in [-0.25, -0.2) is 0 Å². The van der Waals surface area contributed by atoms with Gasteiger partial charge in [0.25, 0.3) is 11.4 Å². The minimum absolute atomic E-state index is 0. The molecular weight excluding hydrogens is 508 g/mol. The van der Waals surface area contributed by atoms with E-state index < -0.39 is 9.85 Å². The number of aliphatic hydroxyl groups is 3. The molecule has 0 fully saturated rings. The Balaban J connectivity index is -0.000000473. The van der Waals surface area contributed by atoms with E-state index in [1.165, 1.54) is 12.1 Å². The number of aromatic nitrogens is 3. The van der Waals surface area contributed by atoms with Gasteiger partial charge in [0.05, 0.1) is 21.2 Å². The van der Waals surface area contributed by atoms with Crippen molar-refractivity contribution >= 4 is 17.1 Å². The molecule has 3 aromatic rings. The van der Waals surface area contributed by atoms with Crippen LogP contribution in [0.1, 0.15) is 48.6 Å². The summed E-state index contributed by atoms with van der Waals surface area (Å²) in [4.78, 5) is 31.8.